The number of para-hydroxylation sites is 2. The van der Waals surface area contributed by atoms with Crippen molar-refractivity contribution in [2.24, 2.45) is 0 Å². The van der Waals surface area contributed by atoms with E-state index >= 15 is 0 Å². The van der Waals surface area contributed by atoms with Crippen LogP contribution < -0.4 is 5.32 Å². The summed E-state index contributed by atoms with van der Waals surface area (Å²) in [5.41, 5.74) is 3.38. The average molecular weight is 442 g/mol. The van der Waals surface area contributed by atoms with E-state index in [1.54, 1.807) is 29.3 Å². The van der Waals surface area contributed by atoms with Gasteiger partial charge in [-0.25, -0.2) is 14.6 Å². The molecule has 0 aliphatic heterocycles. The van der Waals surface area contributed by atoms with Gasteiger partial charge in [0, 0.05) is 48.0 Å². The van der Waals surface area contributed by atoms with Gasteiger partial charge in [-0.2, -0.15) is 5.10 Å². The third kappa shape index (κ3) is 4.13. The summed E-state index contributed by atoms with van der Waals surface area (Å²) in [5, 5.41) is 8.87. The Morgan fingerprint density at radius 1 is 0.969 bits per heavy atom. The predicted molar refractivity (Wildman–Crippen MR) is 123 cm³/mol. The van der Waals surface area contributed by atoms with E-state index in [9.17, 15) is 4.79 Å². The average Bonchev–Trinajstić information content (AvgIpc) is 3.50. The molecule has 5 aromatic rings. The number of rotatable bonds is 7. The molecule has 0 aliphatic rings. The minimum atomic E-state index is -0.263. The smallest absolute Gasteiger partial charge is 0.287 e. The largest absolute Gasteiger partial charge is 0.451 e. The third-order valence-corrected chi connectivity index (χ3v) is 5.88. The van der Waals surface area contributed by atoms with Crippen molar-refractivity contribution in [3.63, 3.8) is 0 Å². The van der Waals surface area contributed by atoms with Gasteiger partial charge in [0.2, 0.25) is 0 Å². The van der Waals surface area contributed by atoms with Gasteiger partial charge >= 0.3 is 0 Å². The first-order chi connectivity index (χ1) is 15.8. The number of benzene rings is 2. The predicted octanol–water partition coefficient (Wildman–Crippen LogP) is 4.63. The molecule has 0 radical (unpaired) electrons. The van der Waals surface area contributed by atoms with E-state index in [1.165, 1.54) is 11.8 Å². The zero-order valence-corrected chi connectivity index (χ0v) is 17.8. The quantitative estimate of drug-likeness (QED) is 0.293. The zero-order valence-electron chi connectivity index (χ0n) is 17.0. The molecule has 3 heterocycles. The number of hydrogen-bond acceptors (Lipinski definition) is 6. The number of thioether (sulfide) groups is 1. The summed E-state index contributed by atoms with van der Waals surface area (Å²) in [4.78, 5) is 21.7. The molecular formula is C24H19N5O2S. The van der Waals surface area contributed by atoms with Crippen LogP contribution in [0.5, 0.6) is 0 Å². The van der Waals surface area contributed by atoms with Crippen molar-refractivity contribution in [2.45, 2.75) is 17.5 Å². The molecule has 0 saturated carbocycles. The summed E-state index contributed by atoms with van der Waals surface area (Å²) in [5.74, 6) is 0.570. The summed E-state index contributed by atoms with van der Waals surface area (Å²) in [6.07, 6.45) is 7.01. The van der Waals surface area contributed by atoms with Crippen molar-refractivity contribution >= 4 is 28.6 Å². The van der Waals surface area contributed by atoms with Gasteiger partial charge in [0.05, 0.1) is 5.69 Å². The highest BCUT2D eigenvalue weighted by Gasteiger charge is 2.21. The molecule has 0 fully saturated rings. The number of furan rings is 1. The van der Waals surface area contributed by atoms with E-state index in [-0.39, 0.29) is 5.91 Å². The first-order valence-electron chi connectivity index (χ1n) is 10.1. The summed E-state index contributed by atoms with van der Waals surface area (Å²) < 4.78 is 7.74. The number of carbonyl (C=O) groups is 1. The van der Waals surface area contributed by atoms with Gasteiger partial charge in [-0.3, -0.25) is 4.79 Å². The molecule has 158 valence electrons. The van der Waals surface area contributed by atoms with Crippen LogP contribution in [0.25, 0.3) is 16.7 Å². The summed E-state index contributed by atoms with van der Waals surface area (Å²) in [6, 6.07) is 19.1. The van der Waals surface area contributed by atoms with E-state index in [4.69, 9.17) is 4.42 Å². The van der Waals surface area contributed by atoms with Crippen molar-refractivity contribution < 1.29 is 9.21 Å². The molecule has 1 N–H and O–H groups in total. The molecule has 8 heteroatoms. The lowest BCUT2D eigenvalue weighted by Crippen LogP contribution is -2.24. The van der Waals surface area contributed by atoms with Gasteiger partial charge in [-0.15, -0.1) is 0 Å². The monoisotopic (exact) mass is 441 g/mol. The minimum absolute atomic E-state index is 0.263. The van der Waals surface area contributed by atoms with Crippen LogP contribution >= 0.6 is 11.8 Å². The molecular weight excluding hydrogens is 422 g/mol. The van der Waals surface area contributed by atoms with Crippen molar-refractivity contribution in [3.05, 3.63) is 102 Å². The Morgan fingerprint density at radius 3 is 2.62 bits per heavy atom. The fourth-order valence-electron chi connectivity index (χ4n) is 3.47. The van der Waals surface area contributed by atoms with Gasteiger partial charge in [-0.05, 0) is 29.8 Å². The second-order valence-corrected chi connectivity index (χ2v) is 7.93. The number of amides is 1. The number of nitrogens with one attached hydrogen (secondary N) is 1. The number of fused-ring (bicyclic) bond motifs is 1. The first-order valence-corrected chi connectivity index (χ1v) is 11.0. The van der Waals surface area contributed by atoms with Crippen LogP contribution in [0.1, 0.15) is 21.7 Å². The van der Waals surface area contributed by atoms with Crippen LogP contribution in [-0.4, -0.2) is 25.7 Å². The van der Waals surface area contributed by atoms with Gasteiger partial charge in [0.25, 0.3) is 5.91 Å². The van der Waals surface area contributed by atoms with Crippen LogP contribution in [0.4, 0.5) is 0 Å². The summed E-state index contributed by atoms with van der Waals surface area (Å²) in [7, 11) is 0. The molecule has 0 spiro atoms. The molecule has 32 heavy (non-hydrogen) atoms. The lowest BCUT2D eigenvalue weighted by atomic mass is 10.1. The second kappa shape index (κ2) is 9.07. The maximum Gasteiger partial charge on any atom is 0.287 e. The highest BCUT2D eigenvalue weighted by molar-refractivity contribution is 7.98. The van der Waals surface area contributed by atoms with Crippen LogP contribution in [0.3, 0.4) is 0 Å². The van der Waals surface area contributed by atoms with E-state index < -0.39 is 0 Å². The molecule has 0 bridgehead atoms. The molecule has 1 amide bonds. The molecule has 0 aliphatic carbocycles. The Hall–Kier alpha value is -3.91. The van der Waals surface area contributed by atoms with Crippen molar-refractivity contribution in [1.82, 2.24) is 25.1 Å². The van der Waals surface area contributed by atoms with E-state index in [0.29, 0.717) is 28.8 Å². The van der Waals surface area contributed by atoms with Crippen molar-refractivity contribution in [1.29, 1.82) is 0 Å². The van der Waals surface area contributed by atoms with Gasteiger partial charge in [0.15, 0.2) is 10.9 Å². The Balaban J connectivity index is 1.39. The van der Waals surface area contributed by atoms with Crippen molar-refractivity contribution in [3.8, 4) is 5.69 Å². The number of nitrogens with zero attached hydrogens (tertiary/aromatic N) is 4. The molecule has 0 unspecified atom stereocenters. The maximum atomic E-state index is 13.1. The SMILES string of the molecule is O=C(NCc1ccccc1-n1cccn1)c1oc2ccccc2c1CSc1ncccn1. The lowest BCUT2D eigenvalue weighted by Gasteiger charge is -2.10. The van der Waals surface area contributed by atoms with Crippen LogP contribution in [0.15, 0.2) is 95.0 Å². The highest BCUT2D eigenvalue weighted by Crippen LogP contribution is 2.31. The second-order valence-electron chi connectivity index (χ2n) is 6.99. The normalized spacial score (nSPS) is 11.0. The molecule has 7 nitrogen and oxygen atoms in total. The maximum absolute atomic E-state index is 13.1. The fraction of sp³-hybridized carbons (Fsp3) is 0.0833. The van der Waals surface area contributed by atoms with Crippen molar-refractivity contribution in [2.75, 3.05) is 0 Å². The van der Waals surface area contributed by atoms with Gasteiger partial charge in [0.1, 0.15) is 5.58 Å². The number of hydrogen-bond donors (Lipinski definition) is 1. The minimum Gasteiger partial charge on any atom is -0.451 e. The Labute approximate surface area is 188 Å². The van der Waals surface area contributed by atoms with Crippen LogP contribution in [0.2, 0.25) is 0 Å². The highest BCUT2D eigenvalue weighted by atomic mass is 32.2. The Bertz CT molecular complexity index is 1350. The Kier molecular flexibility index (Phi) is 5.67. The molecule has 0 saturated heterocycles. The standard InChI is InChI=1S/C24H19N5O2S/c30-23(27-15-17-7-1-3-9-20(17)29-14-6-13-28-29)22-19(16-32-24-25-11-5-12-26-24)18-8-2-4-10-21(18)31-22/h1-14H,15-16H2,(H,27,30). The van der Waals surface area contributed by atoms with E-state index in [1.807, 2.05) is 60.8 Å². The molecule has 0 atom stereocenters. The number of aromatic nitrogens is 4. The first kappa shape index (κ1) is 20.0. The third-order valence-electron chi connectivity index (χ3n) is 4.97. The topological polar surface area (TPSA) is 85.8 Å². The van der Waals surface area contributed by atoms with E-state index in [0.717, 1.165) is 22.2 Å². The van der Waals surface area contributed by atoms with Crippen LogP contribution in [-0.2, 0) is 12.3 Å². The summed E-state index contributed by atoms with van der Waals surface area (Å²) >= 11 is 1.47. The molecule has 2 aromatic carbocycles. The summed E-state index contributed by atoms with van der Waals surface area (Å²) in [6.45, 7) is 0.348. The van der Waals surface area contributed by atoms with Gasteiger partial charge in [-0.1, -0.05) is 48.2 Å². The van der Waals surface area contributed by atoms with E-state index in [2.05, 4.69) is 20.4 Å². The molecule has 3 aromatic heterocycles. The lowest BCUT2D eigenvalue weighted by molar-refractivity contribution is 0.0924. The fourth-order valence-corrected chi connectivity index (χ4v) is 4.30. The Morgan fingerprint density at radius 2 is 1.78 bits per heavy atom. The number of carbonyl (C=O) groups excluding carboxylic acids is 1. The molecule has 5 rings (SSSR count). The van der Waals surface area contributed by atoms with Gasteiger partial charge < -0.3 is 9.73 Å². The zero-order chi connectivity index (χ0) is 21.8. The van der Waals surface area contributed by atoms with Crippen LogP contribution in [0, 0.1) is 0 Å².